The Morgan fingerprint density at radius 3 is 2.19 bits per heavy atom. The molecule has 1 heterocycles. The van der Waals surface area contributed by atoms with Gasteiger partial charge in [0.05, 0.1) is 5.56 Å². The molecule has 10 heteroatoms. The van der Waals surface area contributed by atoms with Gasteiger partial charge < -0.3 is 19.6 Å². The SMILES string of the molecule is CC(C)[C@H](N)C(=O)OCCOC(=O)CC(=O)c1cc2c(o1)C(=O)c1ccccc1C2=O.Cl. The third kappa shape index (κ3) is 5.12. The van der Waals surface area contributed by atoms with Gasteiger partial charge in [-0.2, -0.15) is 0 Å². The van der Waals surface area contributed by atoms with Crippen LogP contribution < -0.4 is 5.73 Å². The van der Waals surface area contributed by atoms with Crippen molar-refractivity contribution in [2.45, 2.75) is 26.3 Å². The smallest absolute Gasteiger partial charge is 0.323 e. The summed E-state index contributed by atoms with van der Waals surface area (Å²) < 4.78 is 15.1. The Balaban J connectivity index is 0.00000363. The summed E-state index contributed by atoms with van der Waals surface area (Å²) in [5.74, 6) is -3.78. The second-order valence-electron chi connectivity index (χ2n) is 7.32. The lowest BCUT2D eigenvalue weighted by Crippen LogP contribution is -2.37. The van der Waals surface area contributed by atoms with E-state index in [1.807, 2.05) is 0 Å². The molecule has 1 aromatic heterocycles. The van der Waals surface area contributed by atoms with Gasteiger partial charge >= 0.3 is 11.9 Å². The fraction of sp³-hybridized carbons (Fsp3) is 0.318. The molecular formula is C22H22ClNO8. The number of hydrogen-bond donors (Lipinski definition) is 1. The number of carbonyl (C=O) groups is 5. The molecule has 0 unspecified atom stereocenters. The standard InChI is InChI=1S/C22H21NO8.ClH/c1-11(2)18(23)22(28)30-8-7-29-17(25)10-15(24)16-9-14-19(26)12-5-3-4-6-13(12)20(27)21(14)31-16;/h3-6,9,11,18H,7-8,10,23H2,1-2H3;1H/t18-;/m0./s1. The Kier molecular flexibility index (Phi) is 8.07. The van der Waals surface area contributed by atoms with Crippen LogP contribution in [0, 0.1) is 5.92 Å². The number of ketones is 3. The van der Waals surface area contributed by atoms with E-state index in [-0.39, 0.29) is 59.7 Å². The van der Waals surface area contributed by atoms with Crippen LogP contribution in [0.5, 0.6) is 0 Å². The molecule has 2 aromatic rings. The fourth-order valence-corrected chi connectivity index (χ4v) is 2.95. The van der Waals surface area contributed by atoms with E-state index in [9.17, 15) is 24.0 Å². The van der Waals surface area contributed by atoms with Crippen LogP contribution in [-0.4, -0.2) is 48.5 Å². The lowest BCUT2D eigenvalue weighted by atomic mass is 9.88. The maximum Gasteiger partial charge on any atom is 0.323 e. The van der Waals surface area contributed by atoms with E-state index in [2.05, 4.69) is 0 Å². The normalized spacial score (nSPS) is 13.0. The van der Waals surface area contributed by atoms with E-state index in [0.717, 1.165) is 6.07 Å². The van der Waals surface area contributed by atoms with Crippen LogP contribution >= 0.6 is 12.4 Å². The summed E-state index contributed by atoms with van der Waals surface area (Å²) in [6.45, 7) is 3.09. The molecule has 0 spiro atoms. The molecule has 1 aromatic carbocycles. The van der Waals surface area contributed by atoms with Crippen molar-refractivity contribution in [3.05, 3.63) is 58.5 Å². The van der Waals surface area contributed by atoms with Gasteiger partial charge in [0.25, 0.3) is 0 Å². The van der Waals surface area contributed by atoms with Gasteiger partial charge in [0, 0.05) is 11.1 Å². The Labute approximate surface area is 189 Å². The highest BCUT2D eigenvalue weighted by Crippen LogP contribution is 2.30. The van der Waals surface area contributed by atoms with E-state index in [4.69, 9.17) is 19.6 Å². The number of furan rings is 1. The third-order valence-corrected chi connectivity index (χ3v) is 4.76. The minimum Gasteiger partial charge on any atom is -0.462 e. The molecule has 0 amide bonds. The molecule has 3 rings (SSSR count). The molecule has 170 valence electrons. The van der Waals surface area contributed by atoms with Crippen LogP contribution in [-0.2, 0) is 19.1 Å². The van der Waals surface area contributed by atoms with Crippen molar-refractivity contribution in [2.24, 2.45) is 11.7 Å². The summed E-state index contributed by atoms with van der Waals surface area (Å²) in [7, 11) is 0. The summed E-state index contributed by atoms with van der Waals surface area (Å²) in [5, 5.41) is 0. The number of nitrogens with two attached hydrogens (primary N) is 1. The number of fused-ring (bicyclic) bond motifs is 2. The summed E-state index contributed by atoms with van der Waals surface area (Å²) in [6, 6.07) is 6.65. The lowest BCUT2D eigenvalue weighted by Gasteiger charge is -2.14. The molecule has 2 N–H and O–H groups in total. The van der Waals surface area contributed by atoms with E-state index in [1.54, 1.807) is 26.0 Å². The van der Waals surface area contributed by atoms with Crippen molar-refractivity contribution in [1.29, 1.82) is 0 Å². The highest BCUT2D eigenvalue weighted by atomic mass is 35.5. The van der Waals surface area contributed by atoms with Crippen LogP contribution in [0.1, 0.15) is 62.9 Å². The lowest BCUT2D eigenvalue weighted by molar-refractivity contribution is -0.153. The zero-order valence-corrected chi connectivity index (χ0v) is 18.2. The zero-order chi connectivity index (χ0) is 22.7. The van der Waals surface area contributed by atoms with Crippen molar-refractivity contribution in [3.63, 3.8) is 0 Å². The van der Waals surface area contributed by atoms with Crippen molar-refractivity contribution >= 4 is 41.7 Å². The largest absolute Gasteiger partial charge is 0.462 e. The third-order valence-electron chi connectivity index (χ3n) is 4.76. The maximum atomic E-state index is 12.6. The van der Waals surface area contributed by atoms with E-state index in [0.29, 0.717) is 0 Å². The Morgan fingerprint density at radius 1 is 0.969 bits per heavy atom. The second-order valence-corrected chi connectivity index (χ2v) is 7.32. The molecule has 0 saturated heterocycles. The van der Waals surface area contributed by atoms with Gasteiger partial charge in [0.1, 0.15) is 25.7 Å². The molecular weight excluding hydrogens is 442 g/mol. The van der Waals surface area contributed by atoms with Crippen LogP contribution in [0.4, 0.5) is 0 Å². The Hall–Kier alpha value is -3.30. The Bertz CT molecular complexity index is 1020. The number of halogens is 1. The summed E-state index contributed by atoms with van der Waals surface area (Å²) >= 11 is 0. The van der Waals surface area contributed by atoms with Crippen molar-refractivity contribution in [3.8, 4) is 0 Å². The summed E-state index contributed by atoms with van der Waals surface area (Å²) in [6.07, 6.45) is -0.665. The molecule has 32 heavy (non-hydrogen) atoms. The molecule has 1 aliphatic rings. The molecule has 0 fully saturated rings. The van der Waals surface area contributed by atoms with Crippen molar-refractivity contribution in [1.82, 2.24) is 0 Å². The first-order valence-corrected chi connectivity index (χ1v) is 9.64. The van der Waals surface area contributed by atoms with Gasteiger partial charge in [-0.05, 0) is 12.0 Å². The molecule has 0 radical (unpaired) electrons. The number of ether oxygens (including phenoxy) is 2. The second kappa shape index (κ2) is 10.3. The minimum atomic E-state index is -0.871. The predicted molar refractivity (Wildman–Crippen MR) is 113 cm³/mol. The maximum absolute atomic E-state index is 12.6. The van der Waals surface area contributed by atoms with Gasteiger partial charge in [-0.25, -0.2) is 0 Å². The van der Waals surface area contributed by atoms with Crippen LogP contribution in [0.3, 0.4) is 0 Å². The van der Waals surface area contributed by atoms with Crippen molar-refractivity contribution in [2.75, 3.05) is 13.2 Å². The van der Waals surface area contributed by atoms with Gasteiger partial charge in [0.2, 0.25) is 11.6 Å². The van der Waals surface area contributed by atoms with E-state index < -0.39 is 41.8 Å². The number of Topliss-reactive ketones (excluding diaryl/α,β-unsaturated/α-hetero) is 1. The number of rotatable bonds is 8. The monoisotopic (exact) mass is 463 g/mol. The van der Waals surface area contributed by atoms with Gasteiger partial charge in [0.15, 0.2) is 17.3 Å². The molecule has 0 bridgehead atoms. The van der Waals surface area contributed by atoms with Gasteiger partial charge in [-0.1, -0.05) is 38.1 Å². The van der Waals surface area contributed by atoms with E-state index >= 15 is 0 Å². The predicted octanol–water partition coefficient (Wildman–Crippen LogP) is 2.12. The molecule has 9 nitrogen and oxygen atoms in total. The van der Waals surface area contributed by atoms with E-state index in [1.165, 1.54) is 12.1 Å². The van der Waals surface area contributed by atoms with Crippen molar-refractivity contribution < 1.29 is 37.9 Å². The molecule has 1 atom stereocenters. The van der Waals surface area contributed by atoms with Gasteiger partial charge in [-0.15, -0.1) is 12.4 Å². The average Bonchev–Trinajstić information content (AvgIpc) is 3.20. The zero-order valence-electron chi connectivity index (χ0n) is 17.4. The first-order valence-electron chi connectivity index (χ1n) is 9.64. The molecule has 0 saturated carbocycles. The fourth-order valence-electron chi connectivity index (χ4n) is 2.95. The number of benzene rings is 1. The highest BCUT2D eigenvalue weighted by molar-refractivity contribution is 6.28. The Morgan fingerprint density at radius 2 is 1.56 bits per heavy atom. The molecule has 1 aliphatic carbocycles. The van der Waals surface area contributed by atoms with Crippen LogP contribution in [0.2, 0.25) is 0 Å². The van der Waals surface area contributed by atoms with Crippen LogP contribution in [0.15, 0.2) is 34.7 Å². The first-order chi connectivity index (χ1) is 14.7. The summed E-state index contributed by atoms with van der Waals surface area (Å²) in [5.41, 5.74) is 6.04. The topological polar surface area (TPSA) is 143 Å². The minimum absolute atomic E-state index is 0. The number of esters is 2. The number of carbonyl (C=O) groups excluding carboxylic acids is 5. The summed E-state index contributed by atoms with van der Waals surface area (Å²) in [4.78, 5) is 60.9. The molecule has 0 aliphatic heterocycles. The van der Waals surface area contributed by atoms with Crippen LogP contribution in [0.25, 0.3) is 0 Å². The number of hydrogen-bond acceptors (Lipinski definition) is 9. The van der Waals surface area contributed by atoms with Gasteiger partial charge in [-0.3, -0.25) is 24.0 Å². The first kappa shape index (κ1) is 25.0. The highest BCUT2D eigenvalue weighted by Gasteiger charge is 2.34. The quantitative estimate of drug-likeness (QED) is 0.230. The average molecular weight is 464 g/mol.